The molecule has 2 rings (SSSR count). The summed E-state index contributed by atoms with van der Waals surface area (Å²) in [7, 11) is 1.38. The molecule has 0 aliphatic heterocycles. The number of aromatic nitrogens is 1. The van der Waals surface area contributed by atoms with Gasteiger partial charge in [-0.05, 0) is 23.8 Å². The minimum atomic E-state index is -0.319. The summed E-state index contributed by atoms with van der Waals surface area (Å²) in [6.07, 6.45) is 1.73. The van der Waals surface area contributed by atoms with E-state index in [1.165, 1.54) is 7.11 Å². The molecule has 0 fully saturated rings. The summed E-state index contributed by atoms with van der Waals surface area (Å²) in [4.78, 5) is 15.8. The highest BCUT2D eigenvalue weighted by molar-refractivity contribution is 9.08. The van der Waals surface area contributed by atoms with Crippen LogP contribution >= 0.6 is 15.9 Å². The third-order valence-corrected chi connectivity index (χ3v) is 3.00. The van der Waals surface area contributed by atoms with Crippen LogP contribution in [0, 0.1) is 0 Å². The van der Waals surface area contributed by atoms with Crippen molar-refractivity contribution >= 4 is 32.8 Å². The van der Waals surface area contributed by atoms with Gasteiger partial charge in [0.25, 0.3) is 0 Å². The lowest BCUT2D eigenvalue weighted by Gasteiger charge is -2.08. The maximum Gasteiger partial charge on any atom is 0.338 e. The zero-order valence-corrected chi connectivity index (χ0v) is 10.3. The summed E-state index contributed by atoms with van der Waals surface area (Å²) < 4.78 is 4.75. The largest absolute Gasteiger partial charge is 0.465 e. The van der Waals surface area contributed by atoms with Gasteiger partial charge in [0, 0.05) is 16.9 Å². The molecule has 0 bridgehead atoms. The van der Waals surface area contributed by atoms with Gasteiger partial charge in [-0.3, -0.25) is 4.98 Å². The predicted octanol–water partition coefficient (Wildman–Crippen LogP) is 2.92. The molecule has 0 amide bonds. The highest BCUT2D eigenvalue weighted by atomic mass is 79.9. The molecule has 0 saturated carbocycles. The Morgan fingerprint density at radius 2 is 2.25 bits per heavy atom. The van der Waals surface area contributed by atoms with E-state index in [1.807, 2.05) is 18.2 Å². The van der Waals surface area contributed by atoms with Gasteiger partial charge in [-0.2, -0.15) is 0 Å². The van der Waals surface area contributed by atoms with Crippen molar-refractivity contribution in [2.45, 2.75) is 5.33 Å². The monoisotopic (exact) mass is 279 g/mol. The van der Waals surface area contributed by atoms with E-state index >= 15 is 0 Å². The number of hydrogen-bond acceptors (Lipinski definition) is 3. The quantitative estimate of drug-likeness (QED) is 0.627. The van der Waals surface area contributed by atoms with E-state index in [1.54, 1.807) is 12.3 Å². The number of pyridine rings is 1. The number of fused-ring (bicyclic) bond motifs is 1. The van der Waals surface area contributed by atoms with Gasteiger partial charge < -0.3 is 4.74 Å². The van der Waals surface area contributed by atoms with Crippen LogP contribution in [0.4, 0.5) is 0 Å². The molecule has 0 aliphatic carbocycles. The molecular formula is C12H10BrNO2. The Balaban J connectivity index is 2.72. The molecule has 2 aromatic rings. The Labute approximate surface area is 102 Å². The first-order valence-corrected chi connectivity index (χ1v) is 5.91. The van der Waals surface area contributed by atoms with Gasteiger partial charge >= 0.3 is 5.97 Å². The maximum atomic E-state index is 11.6. The van der Waals surface area contributed by atoms with E-state index in [0.29, 0.717) is 10.9 Å². The second kappa shape index (κ2) is 4.61. The fraction of sp³-hybridized carbons (Fsp3) is 0.167. The molecule has 0 saturated heterocycles. The summed E-state index contributed by atoms with van der Waals surface area (Å²) in [5.74, 6) is -0.319. The van der Waals surface area contributed by atoms with E-state index in [4.69, 9.17) is 4.74 Å². The highest BCUT2D eigenvalue weighted by Crippen LogP contribution is 2.23. The number of carbonyl (C=O) groups is 1. The van der Waals surface area contributed by atoms with E-state index in [-0.39, 0.29) is 5.97 Å². The van der Waals surface area contributed by atoms with Crippen LogP contribution in [0.3, 0.4) is 0 Å². The number of esters is 1. The molecule has 3 nitrogen and oxygen atoms in total. The van der Waals surface area contributed by atoms with Crippen molar-refractivity contribution in [3.63, 3.8) is 0 Å². The predicted molar refractivity (Wildman–Crippen MR) is 65.7 cm³/mol. The lowest BCUT2D eigenvalue weighted by atomic mass is 10.0. The Bertz CT molecular complexity index is 540. The van der Waals surface area contributed by atoms with Crippen LogP contribution in [-0.2, 0) is 10.1 Å². The summed E-state index contributed by atoms with van der Waals surface area (Å²) in [5.41, 5.74) is 2.38. The topological polar surface area (TPSA) is 39.2 Å². The van der Waals surface area contributed by atoms with Gasteiger partial charge in [0.15, 0.2) is 0 Å². The maximum absolute atomic E-state index is 11.6. The molecule has 0 N–H and O–H groups in total. The van der Waals surface area contributed by atoms with E-state index < -0.39 is 0 Å². The number of hydrogen-bond donors (Lipinski definition) is 0. The number of ether oxygens (including phenoxy) is 1. The number of rotatable bonds is 2. The molecule has 0 spiro atoms. The van der Waals surface area contributed by atoms with Crippen molar-refractivity contribution in [1.29, 1.82) is 0 Å². The Morgan fingerprint density at radius 3 is 2.94 bits per heavy atom. The number of nitrogens with zero attached hydrogens (tertiary/aromatic N) is 1. The van der Waals surface area contributed by atoms with Gasteiger partial charge in [0.2, 0.25) is 0 Å². The number of methoxy groups -OCH3 is 1. The molecule has 82 valence electrons. The fourth-order valence-electron chi connectivity index (χ4n) is 1.66. The van der Waals surface area contributed by atoms with Crippen LogP contribution < -0.4 is 0 Å². The molecule has 0 aliphatic rings. The van der Waals surface area contributed by atoms with E-state index in [2.05, 4.69) is 20.9 Å². The van der Waals surface area contributed by atoms with Crippen molar-refractivity contribution in [1.82, 2.24) is 4.98 Å². The average Bonchev–Trinajstić information content (AvgIpc) is 2.36. The standard InChI is InChI=1S/C12H10BrNO2/c1-16-12(15)9-4-5-11-8(10(9)7-13)3-2-6-14-11/h2-6H,7H2,1H3. The first-order valence-electron chi connectivity index (χ1n) is 4.79. The summed E-state index contributed by atoms with van der Waals surface area (Å²) in [6.45, 7) is 0. The number of alkyl halides is 1. The minimum absolute atomic E-state index is 0.319. The molecule has 1 aromatic heterocycles. The molecule has 1 aromatic carbocycles. The Kier molecular flexibility index (Phi) is 3.19. The molecule has 4 heteroatoms. The SMILES string of the molecule is COC(=O)c1ccc2ncccc2c1CBr. The van der Waals surface area contributed by atoms with Crippen molar-refractivity contribution in [2.75, 3.05) is 7.11 Å². The van der Waals surface area contributed by atoms with Gasteiger partial charge in [-0.1, -0.05) is 22.0 Å². The van der Waals surface area contributed by atoms with Gasteiger partial charge in [0.05, 0.1) is 18.2 Å². The van der Waals surface area contributed by atoms with Crippen LogP contribution in [0.5, 0.6) is 0 Å². The number of benzene rings is 1. The van der Waals surface area contributed by atoms with Crippen molar-refractivity contribution in [3.05, 3.63) is 41.6 Å². The highest BCUT2D eigenvalue weighted by Gasteiger charge is 2.13. The first-order chi connectivity index (χ1) is 7.77. The Hall–Kier alpha value is -1.42. The van der Waals surface area contributed by atoms with Crippen LogP contribution in [0.2, 0.25) is 0 Å². The first kappa shape index (κ1) is 11.1. The Morgan fingerprint density at radius 1 is 1.44 bits per heavy atom. The molecule has 0 unspecified atom stereocenters. The zero-order chi connectivity index (χ0) is 11.5. The fourth-order valence-corrected chi connectivity index (χ4v) is 2.26. The lowest BCUT2D eigenvalue weighted by Crippen LogP contribution is -2.05. The third-order valence-electron chi connectivity index (χ3n) is 2.44. The molecule has 16 heavy (non-hydrogen) atoms. The summed E-state index contributed by atoms with van der Waals surface area (Å²) >= 11 is 3.39. The molecular weight excluding hydrogens is 270 g/mol. The normalized spacial score (nSPS) is 10.4. The van der Waals surface area contributed by atoms with Crippen molar-refractivity contribution < 1.29 is 9.53 Å². The summed E-state index contributed by atoms with van der Waals surface area (Å²) in [6, 6.07) is 7.38. The minimum Gasteiger partial charge on any atom is -0.465 e. The zero-order valence-electron chi connectivity index (χ0n) is 8.74. The van der Waals surface area contributed by atoms with Crippen LogP contribution in [0.1, 0.15) is 15.9 Å². The van der Waals surface area contributed by atoms with Crippen LogP contribution in [-0.4, -0.2) is 18.1 Å². The second-order valence-corrected chi connectivity index (χ2v) is 3.85. The van der Waals surface area contributed by atoms with Gasteiger partial charge in [0.1, 0.15) is 0 Å². The van der Waals surface area contributed by atoms with E-state index in [0.717, 1.165) is 16.5 Å². The summed E-state index contributed by atoms with van der Waals surface area (Å²) in [5, 5.41) is 1.57. The number of halogens is 1. The smallest absolute Gasteiger partial charge is 0.338 e. The third kappa shape index (κ3) is 1.80. The second-order valence-electron chi connectivity index (χ2n) is 3.29. The average molecular weight is 280 g/mol. The molecule has 0 atom stereocenters. The van der Waals surface area contributed by atoms with Crippen LogP contribution in [0.25, 0.3) is 10.9 Å². The number of carbonyl (C=O) groups excluding carboxylic acids is 1. The lowest BCUT2D eigenvalue weighted by molar-refractivity contribution is 0.0600. The van der Waals surface area contributed by atoms with Crippen molar-refractivity contribution in [2.24, 2.45) is 0 Å². The molecule has 0 radical (unpaired) electrons. The van der Waals surface area contributed by atoms with Crippen LogP contribution in [0.15, 0.2) is 30.5 Å². The van der Waals surface area contributed by atoms with E-state index in [9.17, 15) is 4.79 Å². The molecule has 1 heterocycles. The van der Waals surface area contributed by atoms with Gasteiger partial charge in [-0.15, -0.1) is 0 Å². The van der Waals surface area contributed by atoms with Crippen molar-refractivity contribution in [3.8, 4) is 0 Å². The van der Waals surface area contributed by atoms with Gasteiger partial charge in [-0.25, -0.2) is 4.79 Å².